The summed E-state index contributed by atoms with van der Waals surface area (Å²) in [6.45, 7) is 4.37. The molecule has 0 saturated carbocycles. The van der Waals surface area contributed by atoms with Gasteiger partial charge in [-0.15, -0.1) is 0 Å². The van der Waals surface area contributed by atoms with Crippen LogP contribution in [0.5, 0.6) is 23.0 Å². The van der Waals surface area contributed by atoms with Crippen molar-refractivity contribution in [2.75, 3.05) is 39.4 Å². The van der Waals surface area contributed by atoms with Gasteiger partial charge in [-0.25, -0.2) is 0 Å². The highest BCUT2D eigenvalue weighted by Crippen LogP contribution is 2.31. The van der Waals surface area contributed by atoms with Crippen molar-refractivity contribution in [1.82, 2.24) is 10.6 Å². The van der Waals surface area contributed by atoms with Crippen LogP contribution >= 0.6 is 0 Å². The van der Waals surface area contributed by atoms with Gasteiger partial charge in [-0.1, -0.05) is 24.3 Å². The first-order valence-electron chi connectivity index (χ1n) is 9.07. The van der Waals surface area contributed by atoms with Gasteiger partial charge in [0.05, 0.1) is 0 Å². The van der Waals surface area contributed by atoms with E-state index in [4.69, 9.17) is 18.9 Å². The fourth-order valence-electron chi connectivity index (χ4n) is 3.03. The molecule has 2 heterocycles. The van der Waals surface area contributed by atoms with Crippen molar-refractivity contribution in [3.8, 4) is 23.0 Å². The molecule has 0 bridgehead atoms. The molecule has 0 radical (unpaired) electrons. The van der Waals surface area contributed by atoms with E-state index >= 15 is 0 Å². The molecule has 2 aliphatic rings. The highest BCUT2D eigenvalue weighted by molar-refractivity contribution is 5.41. The first-order chi connectivity index (χ1) is 12.9. The van der Waals surface area contributed by atoms with Crippen molar-refractivity contribution in [1.29, 1.82) is 0 Å². The summed E-state index contributed by atoms with van der Waals surface area (Å²) in [6.07, 6.45) is 0.0768. The van der Waals surface area contributed by atoms with Crippen LogP contribution in [0.15, 0.2) is 48.5 Å². The molecule has 138 valence electrons. The van der Waals surface area contributed by atoms with Gasteiger partial charge in [0.25, 0.3) is 0 Å². The highest BCUT2D eigenvalue weighted by Gasteiger charge is 2.21. The Labute approximate surface area is 153 Å². The van der Waals surface area contributed by atoms with Crippen molar-refractivity contribution in [2.24, 2.45) is 0 Å². The number of para-hydroxylation sites is 4. The Morgan fingerprint density at radius 2 is 1.08 bits per heavy atom. The third kappa shape index (κ3) is 4.20. The minimum Gasteiger partial charge on any atom is -0.486 e. The van der Waals surface area contributed by atoms with Gasteiger partial charge in [0, 0.05) is 26.2 Å². The molecule has 26 heavy (non-hydrogen) atoms. The second kappa shape index (κ2) is 8.29. The fourth-order valence-corrected chi connectivity index (χ4v) is 3.03. The van der Waals surface area contributed by atoms with E-state index in [1.54, 1.807) is 0 Å². The summed E-state index contributed by atoms with van der Waals surface area (Å²) in [5, 5.41) is 6.80. The van der Waals surface area contributed by atoms with Gasteiger partial charge in [-0.3, -0.25) is 0 Å². The Hall–Kier alpha value is -2.44. The molecule has 0 spiro atoms. The lowest BCUT2D eigenvalue weighted by Crippen LogP contribution is -2.43. The molecule has 0 aliphatic carbocycles. The van der Waals surface area contributed by atoms with E-state index in [2.05, 4.69) is 10.6 Å². The van der Waals surface area contributed by atoms with E-state index in [0.29, 0.717) is 13.2 Å². The molecule has 0 amide bonds. The van der Waals surface area contributed by atoms with Crippen LogP contribution in [0.3, 0.4) is 0 Å². The minimum absolute atomic E-state index is 0.0384. The third-order valence-electron chi connectivity index (χ3n) is 4.36. The van der Waals surface area contributed by atoms with Gasteiger partial charge in [0.15, 0.2) is 23.0 Å². The minimum atomic E-state index is 0.0384. The van der Waals surface area contributed by atoms with Crippen LogP contribution in [0.4, 0.5) is 0 Å². The molecule has 2 atom stereocenters. The second-order valence-corrected chi connectivity index (χ2v) is 6.40. The zero-order chi connectivity index (χ0) is 17.6. The third-order valence-corrected chi connectivity index (χ3v) is 4.36. The molecule has 2 aromatic rings. The molecule has 0 saturated heterocycles. The first kappa shape index (κ1) is 17.0. The number of fused-ring (bicyclic) bond motifs is 2. The normalized spacial score (nSPS) is 20.6. The van der Waals surface area contributed by atoms with Gasteiger partial charge in [0.1, 0.15) is 25.4 Å². The maximum Gasteiger partial charge on any atom is 0.161 e. The molecule has 0 unspecified atom stereocenters. The lowest BCUT2D eigenvalue weighted by molar-refractivity contribution is 0.0880. The van der Waals surface area contributed by atoms with E-state index in [9.17, 15) is 0 Å². The lowest BCUT2D eigenvalue weighted by atomic mass is 10.2. The molecule has 2 aliphatic heterocycles. The maximum atomic E-state index is 5.92. The number of hydrogen-bond donors (Lipinski definition) is 2. The zero-order valence-corrected chi connectivity index (χ0v) is 14.6. The Balaban J connectivity index is 1.10. The zero-order valence-electron chi connectivity index (χ0n) is 14.6. The largest absolute Gasteiger partial charge is 0.486 e. The Kier molecular flexibility index (Phi) is 5.42. The number of benzene rings is 2. The van der Waals surface area contributed by atoms with Crippen molar-refractivity contribution in [3.63, 3.8) is 0 Å². The standard InChI is InChI=1S/C20H24N2O4/c1-3-7-19-17(5-1)23-13-15(25-19)11-21-9-10-22-12-16-14-24-18-6-2-4-8-20(18)26-16/h1-8,15-16,21-22H,9-14H2/t15-,16-/m1/s1. The van der Waals surface area contributed by atoms with Crippen molar-refractivity contribution in [2.45, 2.75) is 12.2 Å². The van der Waals surface area contributed by atoms with Crippen LogP contribution < -0.4 is 29.6 Å². The molecule has 2 N–H and O–H groups in total. The average molecular weight is 356 g/mol. The monoisotopic (exact) mass is 356 g/mol. The fraction of sp³-hybridized carbons (Fsp3) is 0.400. The molecule has 0 aromatic heterocycles. The van der Waals surface area contributed by atoms with Crippen molar-refractivity contribution in [3.05, 3.63) is 48.5 Å². The van der Waals surface area contributed by atoms with E-state index < -0.39 is 0 Å². The van der Waals surface area contributed by atoms with Gasteiger partial charge < -0.3 is 29.6 Å². The summed E-state index contributed by atoms with van der Waals surface area (Å²) in [5.74, 6) is 3.28. The predicted molar refractivity (Wildman–Crippen MR) is 98.4 cm³/mol. The quantitative estimate of drug-likeness (QED) is 0.739. The first-order valence-corrected chi connectivity index (χ1v) is 9.07. The maximum absolute atomic E-state index is 5.92. The van der Waals surface area contributed by atoms with Crippen LogP contribution in [0.1, 0.15) is 0 Å². The van der Waals surface area contributed by atoms with Gasteiger partial charge >= 0.3 is 0 Å². The van der Waals surface area contributed by atoms with E-state index in [0.717, 1.165) is 49.2 Å². The number of rotatable bonds is 7. The molecular formula is C20H24N2O4. The summed E-state index contributed by atoms with van der Waals surface area (Å²) >= 11 is 0. The van der Waals surface area contributed by atoms with Crippen molar-refractivity contribution < 1.29 is 18.9 Å². The van der Waals surface area contributed by atoms with Crippen LogP contribution in [-0.4, -0.2) is 51.6 Å². The smallest absolute Gasteiger partial charge is 0.161 e. The number of nitrogens with one attached hydrogen (secondary N) is 2. The second-order valence-electron chi connectivity index (χ2n) is 6.40. The van der Waals surface area contributed by atoms with Crippen LogP contribution in [-0.2, 0) is 0 Å². The highest BCUT2D eigenvalue weighted by atomic mass is 16.6. The lowest BCUT2D eigenvalue weighted by Gasteiger charge is -2.27. The molecule has 4 rings (SSSR count). The van der Waals surface area contributed by atoms with Crippen LogP contribution in [0.25, 0.3) is 0 Å². The van der Waals surface area contributed by atoms with E-state index in [-0.39, 0.29) is 12.2 Å². The SMILES string of the molecule is c1ccc2c(c1)OC[C@@H](CNCCNC[C@@H]1COc3ccccc3O1)O2. The summed E-state index contributed by atoms with van der Waals surface area (Å²) in [6, 6.07) is 15.5. The van der Waals surface area contributed by atoms with E-state index in [1.165, 1.54) is 0 Å². The molecular weight excluding hydrogens is 332 g/mol. The predicted octanol–water partition coefficient (Wildman–Crippen LogP) is 1.85. The Bertz CT molecular complexity index is 663. The average Bonchev–Trinajstić information content (AvgIpc) is 2.70. The van der Waals surface area contributed by atoms with Gasteiger partial charge in [-0.2, -0.15) is 0 Å². The molecule has 0 fully saturated rings. The van der Waals surface area contributed by atoms with Crippen LogP contribution in [0, 0.1) is 0 Å². The number of ether oxygens (including phenoxy) is 4. The van der Waals surface area contributed by atoms with Gasteiger partial charge in [-0.05, 0) is 24.3 Å². The summed E-state index contributed by atoms with van der Waals surface area (Å²) in [7, 11) is 0. The topological polar surface area (TPSA) is 61.0 Å². The molecule has 6 nitrogen and oxygen atoms in total. The van der Waals surface area contributed by atoms with Crippen molar-refractivity contribution >= 4 is 0 Å². The van der Waals surface area contributed by atoms with Gasteiger partial charge in [0.2, 0.25) is 0 Å². The van der Waals surface area contributed by atoms with Crippen LogP contribution in [0.2, 0.25) is 0 Å². The Morgan fingerprint density at radius 1 is 0.654 bits per heavy atom. The van der Waals surface area contributed by atoms with E-state index in [1.807, 2.05) is 48.5 Å². The summed E-state index contributed by atoms with van der Waals surface area (Å²) < 4.78 is 23.3. The summed E-state index contributed by atoms with van der Waals surface area (Å²) in [5.41, 5.74) is 0. The molecule has 2 aromatic carbocycles. The number of hydrogen-bond acceptors (Lipinski definition) is 6. The Morgan fingerprint density at radius 3 is 1.54 bits per heavy atom. The summed E-state index contributed by atoms with van der Waals surface area (Å²) in [4.78, 5) is 0. The molecule has 6 heteroatoms.